The Balaban J connectivity index is 1.43. The van der Waals surface area contributed by atoms with Crippen LogP contribution >= 0.6 is 15.9 Å². The SMILES string of the molecule is Cn1cc(-c2cccc(C3(CN)CCN(c4ncnc5n[nH]c(Br)c45)CC3)c2)cn1. The molecule has 4 heterocycles. The molecule has 1 fully saturated rings. The van der Waals surface area contributed by atoms with Gasteiger partial charge in [-0.15, -0.1) is 0 Å². The smallest absolute Gasteiger partial charge is 0.187 e. The van der Waals surface area contributed by atoms with Crippen molar-refractivity contribution in [3.8, 4) is 11.1 Å². The molecule has 154 valence electrons. The number of nitrogens with zero attached hydrogens (tertiary/aromatic N) is 6. The van der Waals surface area contributed by atoms with Gasteiger partial charge in [0.25, 0.3) is 0 Å². The molecule has 0 spiro atoms. The maximum Gasteiger partial charge on any atom is 0.187 e. The van der Waals surface area contributed by atoms with E-state index in [2.05, 4.69) is 70.4 Å². The highest BCUT2D eigenvalue weighted by molar-refractivity contribution is 9.10. The molecule has 0 amide bonds. The van der Waals surface area contributed by atoms with E-state index < -0.39 is 0 Å². The average molecular weight is 467 g/mol. The Labute approximate surface area is 182 Å². The number of anilines is 1. The molecule has 0 radical (unpaired) electrons. The van der Waals surface area contributed by atoms with Crippen LogP contribution in [0.3, 0.4) is 0 Å². The van der Waals surface area contributed by atoms with Gasteiger partial charge in [0.1, 0.15) is 16.7 Å². The molecule has 0 atom stereocenters. The van der Waals surface area contributed by atoms with Crippen molar-refractivity contribution >= 4 is 32.8 Å². The zero-order valence-corrected chi connectivity index (χ0v) is 18.3. The fourth-order valence-electron chi connectivity index (χ4n) is 4.40. The molecule has 3 N–H and O–H groups in total. The lowest BCUT2D eigenvalue weighted by molar-refractivity contribution is 0.339. The number of aromatic nitrogens is 6. The molecule has 9 heteroatoms. The van der Waals surface area contributed by atoms with Crippen molar-refractivity contribution in [3.63, 3.8) is 0 Å². The Morgan fingerprint density at radius 1 is 1.20 bits per heavy atom. The van der Waals surface area contributed by atoms with Crippen LogP contribution in [0.1, 0.15) is 18.4 Å². The monoisotopic (exact) mass is 466 g/mol. The van der Waals surface area contributed by atoms with Crippen LogP contribution in [0, 0.1) is 0 Å². The molecule has 0 aliphatic carbocycles. The molecule has 8 nitrogen and oxygen atoms in total. The van der Waals surface area contributed by atoms with Crippen molar-refractivity contribution in [1.82, 2.24) is 29.9 Å². The quantitative estimate of drug-likeness (QED) is 0.479. The molecular formula is C21H23BrN8. The first-order valence-corrected chi connectivity index (χ1v) is 10.8. The van der Waals surface area contributed by atoms with E-state index in [1.807, 2.05) is 24.1 Å². The Morgan fingerprint density at radius 2 is 2.03 bits per heavy atom. The maximum atomic E-state index is 6.36. The molecule has 1 aliphatic rings. The Kier molecular flexibility index (Phi) is 4.79. The summed E-state index contributed by atoms with van der Waals surface area (Å²) in [6.07, 6.45) is 7.44. The Morgan fingerprint density at radius 3 is 2.77 bits per heavy atom. The van der Waals surface area contributed by atoms with Gasteiger partial charge in [-0.2, -0.15) is 10.2 Å². The third-order valence-electron chi connectivity index (χ3n) is 6.21. The zero-order chi connectivity index (χ0) is 20.7. The standard InChI is InChI=1S/C21H23BrN8/c1-29-11-15(10-26-29)14-3-2-4-16(9-14)21(12-23)5-7-30(8-6-21)20-17-18(22)27-28-19(17)24-13-25-20/h2-4,9-11,13H,5-8,12,23H2,1H3,(H,24,25,27,28). The Bertz CT molecular complexity index is 1190. The van der Waals surface area contributed by atoms with Gasteiger partial charge in [-0.25, -0.2) is 9.97 Å². The number of nitrogens with one attached hydrogen (secondary N) is 1. The maximum absolute atomic E-state index is 6.36. The van der Waals surface area contributed by atoms with Crippen LogP contribution in [0.5, 0.6) is 0 Å². The van der Waals surface area contributed by atoms with Crippen molar-refractivity contribution in [1.29, 1.82) is 0 Å². The van der Waals surface area contributed by atoms with Crippen molar-refractivity contribution in [2.45, 2.75) is 18.3 Å². The minimum absolute atomic E-state index is 0.0471. The first-order chi connectivity index (χ1) is 14.6. The average Bonchev–Trinajstić information content (AvgIpc) is 3.40. The number of hydrogen-bond donors (Lipinski definition) is 2. The van der Waals surface area contributed by atoms with Crippen LogP contribution in [0.4, 0.5) is 5.82 Å². The van der Waals surface area contributed by atoms with Gasteiger partial charge in [0.05, 0.1) is 11.6 Å². The van der Waals surface area contributed by atoms with Crippen LogP contribution < -0.4 is 10.6 Å². The zero-order valence-electron chi connectivity index (χ0n) is 16.7. The topological polar surface area (TPSA) is 102 Å². The van der Waals surface area contributed by atoms with Gasteiger partial charge < -0.3 is 10.6 Å². The lowest BCUT2D eigenvalue weighted by Gasteiger charge is -2.42. The fraction of sp³-hybridized carbons (Fsp3) is 0.333. The predicted molar refractivity (Wildman–Crippen MR) is 120 cm³/mol. The molecule has 0 unspecified atom stereocenters. The van der Waals surface area contributed by atoms with Crippen LogP contribution in [0.2, 0.25) is 0 Å². The van der Waals surface area contributed by atoms with E-state index in [1.165, 1.54) is 11.1 Å². The van der Waals surface area contributed by atoms with E-state index in [-0.39, 0.29) is 5.41 Å². The first kappa shape index (κ1) is 19.2. The normalized spacial score (nSPS) is 16.3. The summed E-state index contributed by atoms with van der Waals surface area (Å²) in [5.41, 5.74) is 10.6. The van der Waals surface area contributed by atoms with Crippen molar-refractivity contribution in [2.75, 3.05) is 24.5 Å². The molecule has 0 saturated carbocycles. The summed E-state index contributed by atoms with van der Waals surface area (Å²) < 4.78 is 2.64. The van der Waals surface area contributed by atoms with Crippen LogP contribution in [0.15, 0.2) is 47.6 Å². The van der Waals surface area contributed by atoms with Gasteiger partial charge >= 0.3 is 0 Å². The van der Waals surface area contributed by atoms with Gasteiger partial charge in [-0.3, -0.25) is 9.78 Å². The molecular weight excluding hydrogens is 444 g/mol. The summed E-state index contributed by atoms with van der Waals surface area (Å²) in [6, 6.07) is 8.74. The number of nitrogens with two attached hydrogens (primary N) is 1. The number of aryl methyl sites for hydroxylation is 1. The molecule has 1 saturated heterocycles. The number of hydrogen-bond acceptors (Lipinski definition) is 6. The number of H-pyrrole nitrogens is 1. The van der Waals surface area contributed by atoms with E-state index in [0.717, 1.165) is 47.3 Å². The summed E-state index contributed by atoms with van der Waals surface area (Å²) in [6.45, 7) is 2.36. The van der Waals surface area contributed by atoms with E-state index in [0.29, 0.717) is 12.2 Å². The molecule has 1 aliphatic heterocycles. The highest BCUT2D eigenvalue weighted by Crippen LogP contribution is 2.39. The molecule has 0 bridgehead atoms. The number of benzene rings is 1. The van der Waals surface area contributed by atoms with E-state index in [9.17, 15) is 0 Å². The highest BCUT2D eigenvalue weighted by Gasteiger charge is 2.36. The first-order valence-electron chi connectivity index (χ1n) is 9.99. The number of rotatable bonds is 4. The second-order valence-electron chi connectivity index (χ2n) is 7.89. The minimum Gasteiger partial charge on any atom is -0.356 e. The van der Waals surface area contributed by atoms with Gasteiger partial charge in [0.2, 0.25) is 0 Å². The van der Waals surface area contributed by atoms with E-state index in [1.54, 1.807) is 6.33 Å². The highest BCUT2D eigenvalue weighted by atomic mass is 79.9. The van der Waals surface area contributed by atoms with Crippen molar-refractivity contribution in [3.05, 3.63) is 53.2 Å². The lowest BCUT2D eigenvalue weighted by atomic mass is 9.72. The lowest BCUT2D eigenvalue weighted by Crippen LogP contribution is -2.47. The van der Waals surface area contributed by atoms with Crippen LogP contribution in [0.25, 0.3) is 22.2 Å². The molecule has 30 heavy (non-hydrogen) atoms. The van der Waals surface area contributed by atoms with E-state index >= 15 is 0 Å². The summed E-state index contributed by atoms with van der Waals surface area (Å²) in [7, 11) is 1.94. The number of fused-ring (bicyclic) bond motifs is 1. The Hall–Kier alpha value is -2.78. The minimum atomic E-state index is -0.0471. The summed E-state index contributed by atoms with van der Waals surface area (Å²) >= 11 is 3.54. The number of aromatic amines is 1. The molecule has 3 aromatic heterocycles. The fourth-order valence-corrected chi connectivity index (χ4v) is 4.85. The van der Waals surface area contributed by atoms with E-state index in [4.69, 9.17) is 5.73 Å². The molecule has 1 aromatic carbocycles. The summed E-state index contributed by atoms with van der Waals surface area (Å²) in [5.74, 6) is 0.912. The van der Waals surface area contributed by atoms with Gasteiger partial charge in [-0.1, -0.05) is 24.3 Å². The van der Waals surface area contributed by atoms with Crippen LogP contribution in [-0.2, 0) is 12.5 Å². The van der Waals surface area contributed by atoms with Crippen molar-refractivity contribution in [2.24, 2.45) is 12.8 Å². The molecule has 5 rings (SSSR count). The van der Waals surface area contributed by atoms with Gasteiger partial charge in [0, 0.05) is 43.9 Å². The number of halogens is 1. The largest absolute Gasteiger partial charge is 0.356 e. The number of piperidine rings is 1. The second kappa shape index (κ2) is 7.48. The third-order valence-corrected chi connectivity index (χ3v) is 6.78. The third kappa shape index (κ3) is 3.18. The second-order valence-corrected chi connectivity index (χ2v) is 8.68. The summed E-state index contributed by atoms with van der Waals surface area (Å²) in [4.78, 5) is 11.1. The summed E-state index contributed by atoms with van der Waals surface area (Å²) in [5, 5.41) is 12.4. The van der Waals surface area contributed by atoms with Crippen LogP contribution in [-0.4, -0.2) is 49.6 Å². The predicted octanol–water partition coefficient (Wildman–Crippen LogP) is 3.01. The van der Waals surface area contributed by atoms with Gasteiger partial charge in [0.15, 0.2) is 5.65 Å². The van der Waals surface area contributed by atoms with Gasteiger partial charge in [-0.05, 0) is 39.9 Å². The van der Waals surface area contributed by atoms with Crippen molar-refractivity contribution < 1.29 is 0 Å². The molecule has 4 aromatic rings.